The number of ether oxygens (including phenoxy) is 1. The molecule has 11 heteroatoms. The van der Waals surface area contributed by atoms with Gasteiger partial charge in [0.2, 0.25) is 5.88 Å². The van der Waals surface area contributed by atoms with E-state index in [1.165, 1.54) is 28.9 Å². The van der Waals surface area contributed by atoms with Gasteiger partial charge in [-0.1, -0.05) is 62.2 Å². The molecule has 2 atom stereocenters. The number of nitrogens with zero attached hydrogens (tertiary/aromatic N) is 2. The van der Waals surface area contributed by atoms with Gasteiger partial charge in [0.25, 0.3) is 5.91 Å². The van der Waals surface area contributed by atoms with Crippen LogP contribution >= 0.6 is 23.2 Å². The first kappa shape index (κ1) is 28.4. The van der Waals surface area contributed by atoms with E-state index in [1.807, 2.05) is 20.8 Å². The zero-order valence-corrected chi connectivity index (χ0v) is 22.3. The molecule has 0 bridgehead atoms. The van der Waals surface area contributed by atoms with Gasteiger partial charge < -0.3 is 20.3 Å². The average molecular weight is 552 g/mol. The van der Waals surface area contributed by atoms with E-state index in [4.69, 9.17) is 27.9 Å². The lowest BCUT2D eigenvalue weighted by Crippen LogP contribution is -2.45. The maximum absolute atomic E-state index is 14.0. The van der Waals surface area contributed by atoms with Crippen molar-refractivity contribution in [3.05, 3.63) is 75.7 Å². The maximum Gasteiger partial charge on any atom is 0.305 e. The summed E-state index contributed by atoms with van der Waals surface area (Å²) in [5.41, 5.74) is -1.29. The third-order valence-electron chi connectivity index (χ3n) is 6.12. The molecule has 8 nitrogen and oxygen atoms in total. The van der Waals surface area contributed by atoms with Gasteiger partial charge in [0.1, 0.15) is 18.0 Å². The van der Waals surface area contributed by atoms with Crippen LogP contribution in [0.15, 0.2) is 48.5 Å². The van der Waals surface area contributed by atoms with Crippen molar-refractivity contribution in [1.29, 1.82) is 0 Å². The molecule has 37 heavy (non-hydrogen) atoms. The summed E-state index contributed by atoms with van der Waals surface area (Å²) in [5, 5.41) is 27.5. The van der Waals surface area contributed by atoms with Crippen LogP contribution in [0.3, 0.4) is 0 Å². The average Bonchev–Trinajstić information content (AvgIpc) is 3.23. The highest BCUT2D eigenvalue weighted by atomic mass is 35.5. The van der Waals surface area contributed by atoms with Crippen molar-refractivity contribution in [2.75, 3.05) is 6.61 Å². The molecule has 3 rings (SSSR count). The second kappa shape index (κ2) is 11.1. The number of aromatic nitrogens is 2. The van der Waals surface area contributed by atoms with Crippen LogP contribution in [-0.2, 0) is 4.79 Å². The van der Waals surface area contributed by atoms with E-state index in [9.17, 15) is 24.2 Å². The van der Waals surface area contributed by atoms with E-state index in [0.29, 0.717) is 5.56 Å². The molecule has 0 aliphatic rings. The standard InChI is InChI=1S/C26H28Cl2FN3O5/c1-25(2,3)26(4,36)14-37-21-12-20(31-32(21)16-8-5-7-15(29)11-16)24(35)30-19(13-22(33)34)17-9-6-10-18(27)23(17)28/h5-12,19,36H,13-14H2,1-4H3,(H,30,35)(H,33,34)/t19-,26-/m0/s1. The van der Waals surface area contributed by atoms with Crippen LogP contribution in [0.4, 0.5) is 4.39 Å². The van der Waals surface area contributed by atoms with Crippen molar-refractivity contribution in [3.8, 4) is 11.6 Å². The summed E-state index contributed by atoms with van der Waals surface area (Å²) in [6.45, 7) is 7.03. The SMILES string of the molecule is CC(C)(C)[C@@](C)(O)COc1cc(C(=O)N[C@@H](CC(=O)O)c2cccc(Cl)c2Cl)nn1-c1cccc(F)c1. The highest BCUT2D eigenvalue weighted by Gasteiger charge is 2.36. The van der Waals surface area contributed by atoms with E-state index in [2.05, 4.69) is 10.4 Å². The Labute approximate surface area is 224 Å². The van der Waals surface area contributed by atoms with Crippen LogP contribution < -0.4 is 10.1 Å². The molecule has 0 saturated carbocycles. The van der Waals surface area contributed by atoms with Gasteiger partial charge in [0, 0.05) is 6.07 Å². The molecule has 0 fully saturated rings. The number of nitrogens with one attached hydrogen (secondary N) is 1. The van der Waals surface area contributed by atoms with Crippen molar-refractivity contribution in [2.24, 2.45) is 5.41 Å². The van der Waals surface area contributed by atoms with Crippen LogP contribution in [0.1, 0.15) is 56.2 Å². The molecule has 0 radical (unpaired) electrons. The number of hydrogen-bond acceptors (Lipinski definition) is 5. The second-order valence-corrected chi connectivity index (χ2v) is 10.6. The van der Waals surface area contributed by atoms with Gasteiger partial charge in [-0.15, -0.1) is 0 Å². The Kier molecular flexibility index (Phi) is 8.52. The van der Waals surface area contributed by atoms with Gasteiger partial charge in [-0.2, -0.15) is 5.10 Å². The zero-order chi connectivity index (χ0) is 27.5. The summed E-state index contributed by atoms with van der Waals surface area (Å²) < 4.78 is 21.0. The van der Waals surface area contributed by atoms with Crippen LogP contribution in [0.2, 0.25) is 10.0 Å². The van der Waals surface area contributed by atoms with Gasteiger partial charge in [-0.05, 0) is 42.2 Å². The van der Waals surface area contributed by atoms with Crippen LogP contribution in [0.5, 0.6) is 5.88 Å². The van der Waals surface area contributed by atoms with E-state index < -0.39 is 41.2 Å². The van der Waals surface area contributed by atoms with Crippen molar-refractivity contribution in [3.63, 3.8) is 0 Å². The summed E-state index contributed by atoms with van der Waals surface area (Å²) in [4.78, 5) is 24.7. The van der Waals surface area contributed by atoms with Crippen molar-refractivity contribution in [2.45, 2.75) is 45.8 Å². The number of rotatable bonds is 9. The summed E-state index contributed by atoms with van der Waals surface area (Å²) >= 11 is 12.4. The minimum Gasteiger partial charge on any atom is -0.481 e. The number of carboxylic acids is 1. The smallest absolute Gasteiger partial charge is 0.305 e. The minimum absolute atomic E-state index is 0.0795. The predicted octanol–water partition coefficient (Wildman–Crippen LogP) is 5.44. The fourth-order valence-electron chi connectivity index (χ4n) is 3.24. The molecule has 3 N–H and O–H groups in total. The van der Waals surface area contributed by atoms with E-state index in [1.54, 1.807) is 31.2 Å². The molecular weight excluding hydrogens is 524 g/mol. The number of aliphatic carboxylic acids is 1. The van der Waals surface area contributed by atoms with Crippen LogP contribution in [0.25, 0.3) is 5.69 Å². The first-order chi connectivity index (χ1) is 17.2. The highest BCUT2D eigenvalue weighted by molar-refractivity contribution is 6.42. The van der Waals surface area contributed by atoms with Gasteiger partial charge in [-0.3, -0.25) is 9.59 Å². The monoisotopic (exact) mass is 551 g/mol. The lowest BCUT2D eigenvalue weighted by Gasteiger charge is -2.36. The van der Waals surface area contributed by atoms with Gasteiger partial charge in [0.05, 0.1) is 28.2 Å². The summed E-state index contributed by atoms with van der Waals surface area (Å²) in [6.07, 6.45) is -0.464. The van der Waals surface area contributed by atoms with Crippen molar-refractivity contribution >= 4 is 35.1 Å². The Morgan fingerprint density at radius 2 is 1.81 bits per heavy atom. The van der Waals surface area contributed by atoms with Crippen molar-refractivity contribution in [1.82, 2.24) is 15.1 Å². The molecule has 2 aromatic carbocycles. The Bertz CT molecular complexity index is 1300. The zero-order valence-electron chi connectivity index (χ0n) is 20.8. The highest BCUT2D eigenvalue weighted by Crippen LogP contribution is 2.33. The number of carboxylic acid groups (broad SMARTS) is 1. The Morgan fingerprint density at radius 3 is 2.43 bits per heavy atom. The summed E-state index contributed by atoms with van der Waals surface area (Å²) in [5.74, 6) is -2.33. The molecule has 0 unspecified atom stereocenters. The summed E-state index contributed by atoms with van der Waals surface area (Å²) in [7, 11) is 0. The number of amides is 1. The molecule has 0 aliphatic carbocycles. The van der Waals surface area contributed by atoms with Gasteiger partial charge in [0.15, 0.2) is 5.69 Å². The second-order valence-electron chi connectivity index (χ2n) is 9.84. The van der Waals surface area contributed by atoms with Gasteiger partial charge in [-0.25, -0.2) is 9.07 Å². The lowest BCUT2D eigenvalue weighted by atomic mass is 9.78. The molecule has 1 amide bonds. The van der Waals surface area contributed by atoms with Crippen LogP contribution in [0, 0.1) is 11.2 Å². The Morgan fingerprint density at radius 1 is 1.14 bits per heavy atom. The number of carbonyl (C=O) groups is 2. The van der Waals surface area contributed by atoms with Crippen molar-refractivity contribution < 1.29 is 28.9 Å². The quantitative estimate of drug-likeness (QED) is 0.326. The normalized spacial score (nSPS) is 14.1. The number of aliphatic hydroxyl groups is 1. The Balaban J connectivity index is 1.97. The largest absolute Gasteiger partial charge is 0.481 e. The molecule has 0 spiro atoms. The third kappa shape index (κ3) is 6.80. The Hall–Kier alpha value is -3.14. The number of hydrogen-bond donors (Lipinski definition) is 3. The number of benzene rings is 2. The molecule has 1 aromatic heterocycles. The first-order valence-electron chi connectivity index (χ1n) is 11.4. The number of carbonyl (C=O) groups excluding carboxylic acids is 1. The molecule has 0 aliphatic heterocycles. The topological polar surface area (TPSA) is 114 Å². The van der Waals surface area contributed by atoms with E-state index >= 15 is 0 Å². The van der Waals surface area contributed by atoms with Gasteiger partial charge >= 0.3 is 5.97 Å². The first-order valence-corrected chi connectivity index (χ1v) is 12.1. The number of halogens is 3. The van der Waals surface area contributed by atoms with E-state index in [0.717, 1.165) is 0 Å². The maximum atomic E-state index is 14.0. The molecule has 198 valence electrons. The molecule has 1 heterocycles. The fraction of sp³-hybridized carbons (Fsp3) is 0.346. The lowest BCUT2D eigenvalue weighted by molar-refractivity contribution is -0.137. The fourth-order valence-corrected chi connectivity index (χ4v) is 3.68. The predicted molar refractivity (Wildman–Crippen MR) is 138 cm³/mol. The molecule has 0 saturated heterocycles. The van der Waals surface area contributed by atoms with Crippen LogP contribution in [-0.4, -0.2) is 44.1 Å². The minimum atomic E-state index is -1.25. The molecular formula is C26H28Cl2FN3O5. The summed E-state index contributed by atoms with van der Waals surface area (Å²) in [6, 6.07) is 10.5. The van der Waals surface area contributed by atoms with E-state index in [-0.39, 0.29) is 33.9 Å². The molecule has 3 aromatic rings. The third-order valence-corrected chi connectivity index (χ3v) is 6.95.